The number of nitrogens with zero attached hydrogens (tertiary/aromatic N) is 3. The van der Waals surface area contributed by atoms with Crippen LogP contribution in [-0.2, 0) is 19.8 Å². The molecule has 2 aliphatic rings. The summed E-state index contributed by atoms with van der Waals surface area (Å²) in [5, 5.41) is 13.0. The van der Waals surface area contributed by atoms with Crippen LogP contribution in [0.3, 0.4) is 0 Å². The molecule has 204 valence electrons. The number of aromatic nitrogens is 1. The third kappa shape index (κ3) is 4.39. The van der Waals surface area contributed by atoms with Gasteiger partial charge in [0.05, 0.1) is 17.9 Å². The quantitative estimate of drug-likeness (QED) is 0.431. The molecule has 38 heavy (non-hydrogen) atoms. The largest absolute Gasteiger partial charge is 0.479 e. The summed E-state index contributed by atoms with van der Waals surface area (Å²) in [7, 11) is 0. The van der Waals surface area contributed by atoms with Gasteiger partial charge in [0, 0.05) is 28.2 Å². The fourth-order valence-corrected chi connectivity index (χ4v) is 7.84. The summed E-state index contributed by atoms with van der Waals surface area (Å²) in [4.78, 5) is 62.2. The SMILES string of the molecule is CCCN1C(=O)C2C(C1=O)[C@@](CC(C)C)(C(=O)O)N(C(=O)c1ccc(C(C)(C)C)c(Br)c1)[C@H]2c1nccs1. The van der Waals surface area contributed by atoms with Gasteiger partial charge in [-0.3, -0.25) is 19.3 Å². The Hall–Kier alpha value is -2.59. The Bertz CT molecular complexity index is 1270. The van der Waals surface area contributed by atoms with Crippen molar-refractivity contribution in [3.8, 4) is 0 Å². The molecule has 0 aliphatic carbocycles. The minimum Gasteiger partial charge on any atom is -0.479 e. The molecule has 2 saturated heterocycles. The lowest BCUT2D eigenvalue weighted by atomic mass is 9.75. The molecular weight excluding hydrogens is 570 g/mol. The molecule has 1 aromatic carbocycles. The number of likely N-dealkylation sites (tertiary alicyclic amines) is 2. The van der Waals surface area contributed by atoms with Gasteiger partial charge in [0.25, 0.3) is 5.91 Å². The summed E-state index contributed by atoms with van der Waals surface area (Å²) < 4.78 is 0.729. The second-order valence-electron chi connectivity index (χ2n) is 11.6. The number of carboxylic acids is 1. The van der Waals surface area contributed by atoms with Crippen LogP contribution >= 0.6 is 27.3 Å². The maximum Gasteiger partial charge on any atom is 0.330 e. The molecule has 0 saturated carbocycles. The van der Waals surface area contributed by atoms with Crippen LogP contribution < -0.4 is 0 Å². The monoisotopic (exact) mass is 603 g/mol. The van der Waals surface area contributed by atoms with Crippen molar-refractivity contribution in [1.29, 1.82) is 0 Å². The number of fused-ring (bicyclic) bond motifs is 1. The number of imide groups is 1. The summed E-state index contributed by atoms with van der Waals surface area (Å²) in [5.41, 5.74) is -0.808. The highest BCUT2D eigenvalue weighted by Gasteiger charge is 2.73. The van der Waals surface area contributed by atoms with Crippen LogP contribution in [0.25, 0.3) is 0 Å². The Morgan fingerprint density at radius 3 is 2.39 bits per heavy atom. The van der Waals surface area contributed by atoms with Crippen LogP contribution in [0.2, 0.25) is 0 Å². The number of rotatable bonds is 7. The predicted octanol–water partition coefficient (Wildman–Crippen LogP) is 5.28. The topological polar surface area (TPSA) is 108 Å². The summed E-state index contributed by atoms with van der Waals surface area (Å²) in [6, 6.07) is 4.28. The van der Waals surface area contributed by atoms with Crippen LogP contribution in [0.1, 0.15) is 81.4 Å². The molecule has 4 rings (SSSR count). The first-order valence-corrected chi connectivity index (χ1v) is 14.6. The maximum absolute atomic E-state index is 14.4. The van der Waals surface area contributed by atoms with Gasteiger partial charge in [0.15, 0.2) is 5.54 Å². The Labute approximate surface area is 235 Å². The number of carbonyl (C=O) groups is 4. The van der Waals surface area contributed by atoms with Gasteiger partial charge in [-0.25, -0.2) is 9.78 Å². The molecule has 10 heteroatoms. The minimum atomic E-state index is -1.91. The lowest BCUT2D eigenvalue weighted by Crippen LogP contribution is -2.60. The van der Waals surface area contributed by atoms with Crippen molar-refractivity contribution in [1.82, 2.24) is 14.8 Å². The number of benzene rings is 1. The van der Waals surface area contributed by atoms with Crippen LogP contribution in [0.15, 0.2) is 34.2 Å². The standard InChI is InChI=1S/C28H34BrN3O5S/c1-7-11-31-24(34)19-20(25(31)35)28(26(36)37,14-15(2)3)32(21(19)22-30-10-12-38-22)23(33)16-8-9-17(18(29)13-16)27(4,5)6/h8-10,12-13,15,19-21H,7,11,14H2,1-6H3,(H,36,37)/t19?,20?,21-,28+/m1/s1. The Balaban J connectivity index is 1.97. The zero-order chi connectivity index (χ0) is 28.2. The van der Waals surface area contributed by atoms with E-state index in [2.05, 4.69) is 41.7 Å². The predicted molar refractivity (Wildman–Crippen MR) is 148 cm³/mol. The number of aliphatic carboxylic acids is 1. The molecule has 2 unspecified atom stereocenters. The molecule has 3 heterocycles. The Kier molecular flexibility index (Phi) is 7.62. The van der Waals surface area contributed by atoms with E-state index in [4.69, 9.17) is 0 Å². The van der Waals surface area contributed by atoms with Gasteiger partial charge in [-0.05, 0) is 41.9 Å². The van der Waals surface area contributed by atoms with Crippen molar-refractivity contribution in [2.45, 2.75) is 71.4 Å². The van der Waals surface area contributed by atoms with Gasteiger partial charge >= 0.3 is 5.97 Å². The van der Waals surface area contributed by atoms with Gasteiger partial charge in [-0.1, -0.05) is 63.5 Å². The summed E-state index contributed by atoms with van der Waals surface area (Å²) >= 11 is 4.85. The normalized spacial score (nSPS) is 25.4. The van der Waals surface area contributed by atoms with Crippen molar-refractivity contribution >= 4 is 51.0 Å². The molecule has 1 N–H and O–H groups in total. The van der Waals surface area contributed by atoms with Crippen molar-refractivity contribution < 1.29 is 24.3 Å². The van der Waals surface area contributed by atoms with Crippen LogP contribution in [0.4, 0.5) is 0 Å². The summed E-state index contributed by atoms with van der Waals surface area (Å²) in [6.07, 6.45) is 2.15. The summed E-state index contributed by atoms with van der Waals surface area (Å²) in [5.74, 6) is -5.16. The third-order valence-corrected chi connectivity index (χ3v) is 8.99. The number of hydrogen-bond acceptors (Lipinski definition) is 6. The number of carboxylic acid groups (broad SMARTS) is 1. The van der Waals surface area contributed by atoms with E-state index in [0.717, 1.165) is 10.0 Å². The Morgan fingerprint density at radius 2 is 1.89 bits per heavy atom. The van der Waals surface area contributed by atoms with Crippen LogP contribution in [0.5, 0.6) is 0 Å². The van der Waals surface area contributed by atoms with E-state index in [0.29, 0.717) is 11.4 Å². The lowest BCUT2D eigenvalue weighted by Gasteiger charge is -2.41. The number of halogens is 1. The first kappa shape index (κ1) is 28.4. The average Bonchev–Trinajstić information content (AvgIpc) is 3.50. The zero-order valence-electron chi connectivity index (χ0n) is 22.5. The Morgan fingerprint density at radius 1 is 1.21 bits per heavy atom. The van der Waals surface area contributed by atoms with Gasteiger partial charge in [0.2, 0.25) is 11.8 Å². The molecule has 1 aromatic heterocycles. The first-order valence-electron chi connectivity index (χ1n) is 12.9. The molecule has 0 spiro atoms. The third-order valence-electron chi connectivity index (χ3n) is 7.49. The second-order valence-corrected chi connectivity index (χ2v) is 13.4. The van der Waals surface area contributed by atoms with E-state index in [-0.39, 0.29) is 29.9 Å². The van der Waals surface area contributed by atoms with E-state index >= 15 is 0 Å². The van der Waals surface area contributed by atoms with E-state index in [1.54, 1.807) is 23.7 Å². The maximum atomic E-state index is 14.4. The number of amides is 3. The average molecular weight is 605 g/mol. The molecule has 8 nitrogen and oxygen atoms in total. The number of hydrogen-bond donors (Lipinski definition) is 1. The highest BCUT2D eigenvalue weighted by Crippen LogP contribution is 2.58. The molecule has 0 bridgehead atoms. The van der Waals surface area contributed by atoms with E-state index < -0.39 is 47.1 Å². The molecule has 2 aliphatic heterocycles. The van der Waals surface area contributed by atoms with Gasteiger partial charge in [-0.2, -0.15) is 0 Å². The lowest BCUT2D eigenvalue weighted by molar-refractivity contribution is -0.157. The van der Waals surface area contributed by atoms with Crippen LogP contribution in [-0.4, -0.2) is 55.7 Å². The van der Waals surface area contributed by atoms with Crippen molar-refractivity contribution in [3.63, 3.8) is 0 Å². The van der Waals surface area contributed by atoms with Gasteiger partial charge in [0.1, 0.15) is 5.01 Å². The number of thiazole rings is 1. The van der Waals surface area contributed by atoms with Crippen molar-refractivity contribution in [3.05, 3.63) is 50.4 Å². The minimum absolute atomic E-state index is 0.0251. The number of carbonyl (C=O) groups excluding carboxylic acids is 3. The molecule has 2 fully saturated rings. The zero-order valence-corrected chi connectivity index (χ0v) is 24.9. The van der Waals surface area contributed by atoms with Crippen LogP contribution in [0, 0.1) is 17.8 Å². The fourth-order valence-electron chi connectivity index (χ4n) is 6.09. The second kappa shape index (κ2) is 10.2. The smallest absolute Gasteiger partial charge is 0.330 e. The molecular formula is C28H34BrN3O5S. The highest BCUT2D eigenvalue weighted by atomic mass is 79.9. The molecule has 4 atom stereocenters. The van der Waals surface area contributed by atoms with Gasteiger partial charge in [-0.15, -0.1) is 11.3 Å². The van der Waals surface area contributed by atoms with Crippen molar-refractivity contribution in [2.24, 2.45) is 17.8 Å². The van der Waals surface area contributed by atoms with Gasteiger partial charge < -0.3 is 10.0 Å². The summed E-state index contributed by atoms with van der Waals surface area (Å²) in [6.45, 7) is 12.0. The van der Waals surface area contributed by atoms with E-state index in [1.807, 2.05) is 26.8 Å². The van der Waals surface area contributed by atoms with Crippen molar-refractivity contribution in [2.75, 3.05) is 6.54 Å². The van der Waals surface area contributed by atoms with E-state index in [1.165, 1.54) is 21.1 Å². The highest BCUT2D eigenvalue weighted by molar-refractivity contribution is 9.10. The fraction of sp³-hybridized carbons (Fsp3) is 0.536. The first-order chi connectivity index (χ1) is 17.8. The molecule has 0 radical (unpaired) electrons. The molecule has 3 amide bonds. The molecule has 2 aromatic rings. The van der Waals surface area contributed by atoms with E-state index in [9.17, 15) is 24.3 Å².